The average Bonchev–Trinajstić information content (AvgIpc) is 2.34. The van der Waals surface area contributed by atoms with Gasteiger partial charge < -0.3 is 4.74 Å². The first-order valence-electron chi connectivity index (χ1n) is 5.38. The van der Waals surface area contributed by atoms with Crippen LogP contribution in [0.4, 0.5) is 0 Å². The van der Waals surface area contributed by atoms with Gasteiger partial charge in [-0.2, -0.15) is 0 Å². The van der Waals surface area contributed by atoms with Gasteiger partial charge in [-0.1, -0.05) is 28.1 Å². The maximum atomic E-state index is 5.88. The van der Waals surface area contributed by atoms with Gasteiger partial charge in [-0.25, -0.2) is 0 Å². The summed E-state index contributed by atoms with van der Waals surface area (Å²) in [6, 6.07) is 11.8. The molecule has 0 aromatic heterocycles. The summed E-state index contributed by atoms with van der Waals surface area (Å²) in [5.74, 6) is 2.15. The molecule has 2 rings (SSSR count). The topological polar surface area (TPSA) is 9.23 Å². The molecule has 0 saturated carbocycles. The molecule has 0 bridgehead atoms. The Bertz CT molecular complexity index is 570. The van der Waals surface area contributed by atoms with Crippen LogP contribution in [0.3, 0.4) is 0 Å². The first-order chi connectivity index (χ1) is 8.60. The molecule has 18 heavy (non-hydrogen) atoms. The number of aryl methyl sites for hydroxylation is 1. The zero-order valence-corrected chi connectivity index (χ0v) is 13.6. The van der Waals surface area contributed by atoms with Gasteiger partial charge in [-0.05, 0) is 58.2 Å². The van der Waals surface area contributed by atoms with Gasteiger partial charge in [0.15, 0.2) is 0 Å². The zero-order valence-electron chi connectivity index (χ0n) is 9.71. The SMILES string of the molecule is Cc1cc(CCl)ccc1Oc1ccc(Br)cc1Br. The van der Waals surface area contributed by atoms with Crippen LogP contribution in [0.5, 0.6) is 11.5 Å². The largest absolute Gasteiger partial charge is 0.456 e. The van der Waals surface area contributed by atoms with E-state index in [9.17, 15) is 0 Å². The fourth-order valence-electron chi connectivity index (χ4n) is 1.59. The molecule has 0 spiro atoms. The van der Waals surface area contributed by atoms with Crippen molar-refractivity contribution in [2.75, 3.05) is 0 Å². The van der Waals surface area contributed by atoms with E-state index >= 15 is 0 Å². The minimum atomic E-state index is 0.517. The van der Waals surface area contributed by atoms with E-state index in [1.807, 2.05) is 43.3 Å². The molecule has 0 aliphatic rings. The molecule has 2 aromatic carbocycles. The lowest BCUT2D eigenvalue weighted by Gasteiger charge is -2.11. The van der Waals surface area contributed by atoms with Crippen LogP contribution >= 0.6 is 43.5 Å². The van der Waals surface area contributed by atoms with Crippen molar-refractivity contribution in [3.8, 4) is 11.5 Å². The first kappa shape index (κ1) is 13.9. The smallest absolute Gasteiger partial charge is 0.141 e. The van der Waals surface area contributed by atoms with Gasteiger partial charge >= 0.3 is 0 Å². The molecule has 0 aliphatic heterocycles. The second-order valence-electron chi connectivity index (χ2n) is 3.91. The van der Waals surface area contributed by atoms with Crippen molar-refractivity contribution in [1.82, 2.24) is 0 Å². The molecule has 0 unspecified atom stereocenters. The molecule has 1 nitrogen and oxygen atoms in total. The maximum absolute atomic E-state index is 5.88. The van der Waals surface area contributed by atoms with E-state index in [-0.39, 0.29) is 0 Å². The van der Waals surface area contributed by atoms with Crippen LogP contribution in [0, 0.1) is 6.92 Å². The molecule has 2 aromatic rings. The molecule has 0 aliphatic carbocycles. The van der Waals surface area contributed by atoms with E-state index in [4.69, 9.17) is 16.3 Å². The molecule has 0 heterocycles. The summed E-state index contributed by atoms with van der Waals surface area (Å²) >= 11 is 12.7. The van der Waals surface area contributed by atoms with Gasteiger partial charge in [0.25, 0.3) is 0 Å². The van der Waals surface area contributed by atoms with Crippen molar-refractivity contribution in [1.29, 1.82) is 0 Å². The lowest BCUT2D eigenvalue weighted by atomic mass is 10.1. The van der Waals surface area contributed by atoms with Crippen LogP contribution in [0.25, 0.3) is 0 Å². The lowest BCUT2D eigenvalue weighted by Crippen LogP contribution is -1.90. The Morgan fingerprint density at radius 1 is 1.06 bits per heavy atom. The van der Waals surface area contributed by atoms with Gasteiger partial charge in [-0.15, -0.1) is 11.6 Å². The lowest BCUT2D eigenvalue weighted by molar-refractivity contribution is 0.475. The number of halogens is 3. The third-order valence-corrected chi connectivity index (χ3v) is 3.93. The van der Waals surface area contributed by atoms with E-state index in [2.05, 4.69) is 31.9 Å². The van der Waals surface area contributed by atoms with Crippen LogP contribution in [-0.4, -0.2) is 0 Å². The summed E-state index contributed by atoms with van der Waals surface area (Å²) in [6.07, 6.45) is 0. The van der Waals surface area contributed by atoms with E-state index in [1.54, 1.807) is 0 Å². The van der Waals surface area contributed by atoms with Gasteiger partial charge in [0.05, 0.1) is 4.47 Å². The predicted octanol–water partition coefficient (Wildman–Crippen LogP) is 6.05. The average molecular weight is 391 g/mol. The van der Waals surface area contributed by atoms with Gasteiger partial charge in [0.1, 0.15) is 11.5 Å². The molecule has 0 saturated heterocycles. The molecular formula is C14H11Br2ClO. The first-order valence-corrected chi connectivity index (χ1v) is 7.50. The van der Waals surface area contributed by atoms with Crippen molar-refractivity contribution in [3.63, 3.8) is 0 Å². The monoisotopic (exact) mass is 388 g/mol. The van der Waals surface area contributed by atoms with Crippen LogP contribution < -0.4 is 4.74 Å². The van der Waals surface area contributed by atoms with Crippen LogP contribution in [0.2, 0.25) is 0 Å². The fraction of sp³-hybridized carbons (Fsp3) is 0.143. The summed E-state index contributed by atoms with van der Waals surface area (Å²) in [6.45, 7) is 2.01. The molecule has 94 valence electrons. The standard InChI is InChI=1S/C14H11Br2ClO/c1-9-6-10(8-17)2-4-13(9)18-14-5-3-11(15)7-12(14)16/h2-7H,8H2,1H3. The highest BCUT2D eigenvalue weighted by Crippen LogP contribution is 2.33. The maximum Gasteiger partial charge on any atom is 0.141 e. The fourth-order valence-corrected chi connectivity index (χ4v) is 2.88. The predicted molar refractivity (Wildman–Crippen MR) is 82.7 cm³/mol. The molecule has 0 amide bonds. The van der Waals surface area contributed by atoms with Gasteiger partial charge in [-0.3, -0.25) is 0 Å². The minimum Gasteiger partial charge on any atom is -0.456 e. The number of alkyl halides is 1. The van der Waals surface area contributed by atoms with Crippen molar-refractivity contribution in [3.05, 3.63) is 56.5 Å². The van der Waals surface area contributed by atoms with E-state index in [0.717, 1.165) is 31.6 Å². The Morgan fingerprint density at radius 2 is 1.78 bits per heavy atom. The normalized spacial score (nSPS) is 10.4. The second kappa shape index (κ2) is 6.09. The minimum absolute atomic E-state index is 0.517. The highest BCUT2D eigenvalue weighted by Gasteiger charge is 2.06. The molecule has 4 heteroatoms. The summed E-state index contributed by atoms with van der Waals surface area (Å²) in [5, 5.41) is 0. The van der Waals surface area contributed by atoms with Gasteiger partial charge in [0, 0.05) is 10.4 Å². The third-order valence-electron chi connectivity index (χ3n) is 2.51. The third kappa shape index (κ3) is 3.28. The highest BCUT2D eigenvalue weighted by atomic mass is 79.9. The summed E-state index contributed by atoms with van der Waals surface area (Å²) in [7, 11) is 0. The number of hydrogen-bond acceptors (Lipinski definition) is 1. The highest BCUT2D eigenvalue weighted by molar-refractivity contribution is 9.11. The van der Waals surface area contributed by atoms with Crippen LogP contribution in [0.1, 0.15) is 11.1 Å². The molecule has 0 fully saturated rings. The summed E-state index contributed by atoms with van der Waals surface area (Å²) < 4.78 is 7.81. The molecule has 0 N–H and O–H groups in total. The van der Waals surface area contributed by atoms with E-state index < -0.39 is 0 Å². The van der Waals surface area contributed by atoms with E-state index in [0.29, 0.717) is 5.88 Å². The quantitative estimate of drug-likeness (QED) is 0.580. The molecule has 0 radical (unpaired) electrons. The Balaban J connectivity index is 2.28. The Morgan fingerprint density at radius 3 is 2.39 bits per heavy atom. The zero-order chi connectivity index (χ0) is 13.1. The number of ether oxygens (including phenoxy) is 1. The number of rotatable bonds is 3. The Labute approximate surface area is 128 Å². The molecular weight excluding hydrogens is 379 g/mol. The van der Waals surface area contributed by atoms with Crippen LogP contribution in [0.15, 0.2) is 45.3 Å². The molecule has 0 atom stereocenters. The van der Waals surface area contributed by atoms with Crippen molar-refractivity contribution in [2.24, 2.45) is 0 Å². The summed E-state index contributed by atoms with van der Waals surface area (Å²) in [4.78, 5) is 0. The van der Waals surface area contributed by atoms with Crippen molar-refractivity contribution >= 4 is 43.5 Å². The Kier molecular flexibility index (Phi) is 4.71. The number of hydrogen-bond donors (Lipinski definition) is 0. The number of benzene rings is 2. The summed E-state index contributed by atoms with van der Waals surface area (Å²) in [5.41, 5.74) is 2.17. The second-order valence-corrected chi connectivity index (χ2v) is 5.95. The van der Waals surface area contributed by atoms with Crippen molar-refractivity contribution in [2.45, 2.75) is 12.8 Å². The van der Waals surface area contributed by atoms with E-state index in [1.165, 1.54) is 0 Å². The van der Waals surface area contributed by atoms with Gasteiger partial charge in [0.2, 0.25) is 0 Å². The Hall–Kier alpha value is -0.510. The van der Waals surface area contributed by atoms with Crippen molar-refractivity contribution < 1.29 is 4.74 Å². The van der Waals surface area contributed by atoms with Crippen LogP contribution in [-0.2, 0) is 5.88 Å².